The molecule has 3 N–H and O–H groups in total. The van der Waals surface area contributed by atoms with Gasteiger partial charge in [-0.3, -0.25) is 14.4 Å². The van der Waals surface area contributed by atoms with Crippen molar-refractivity contribution in [2.24, 2.45) is 5.10 Å². The topological polar surface area (TPSA) is 109 Å². The van der Waals surface area contributed by atoms with Gasteiger partial charge in [0.2, 0.25) is 0 Å². The summed E-state index contributed by atoms with van der Waals surface area (Å²) in [5.74, 6) is -1.49. The second kappa shape index (κ2) is 11.9. The highest BCUT2D eigenvalue weighted by molar-refractivity contribution is 6.35. The van der Waals surface area contributed by atoms with Crippen molar-refractivity contribution in [3.05, 3.63) is 58.1 Å². The van der Waals surface area contributed by atoms with Crippen molar-refractivity contribution in [1.29, 1.82) is 0 Å². The van der Waals surface area contributed by atoms with E-state index in [1.54, 1.807) is 49.4 Å². The van der Waals surface area contributed by atoms with E-state index in [2.05, 4.69) is 21.2 Å². The maximum absolute atomic E-state index is 12.0. The fourth-order valence-electron chi connectivity index (χ4n) is 2.23. The lowest BCUT2D eigenvalue weighted by molar-refractivity contribution is -0.139. The Hall–Kier alpha value is -3.10. The molecule has 164 valence electrons. The lowest BCUT2D eigenvalue weighted by Gasteiger charge is -2.09. The quantitative estimate of drug-likeness (QED) is 0.316. The van der Waals surface area contributed by atoms with Crippen molar-refractivity contribution in [3.63, 3.8) is 0 Å². The molecule has 0 heterocycles. The van der Waals surface area contributed by atoms with Crippen LogP contribution in [0.4, 0.5) is 5.69 Å². The number of rotatable bonds is 8. The zero-order chi connectivity index (χ0) is 22.8. The molecular weight excluding hydrogens is 443 g/mol. The van der Waals surface area contributed by atoms with Gasteiger partial charge in [-0.15, -0.1) is 0 Å². The lowest BCUT2D eigenvalue weighted by atomic mass is 10.2. The highest BCUT2D eigenvalue weighted by Crippen LogP contribution is 2.22. The third kappa shape index (κ3) is 8.65. The van der Waals surface area contributed by atoms with E-state index in [4.69, 9.17) is 27.9 Å². The Bertz CT molecular complexity index is 944. The van der Waals surface area contributed by atoms with Gasteiger partial charge in [0.05, 0.1) is 6.21 Å². The Kier molecular flexibility index (Phi) is 9.30. The highest BCUT2D eigenvalue weighted by Gasteiger charge is 2.14. The van der Waals surface area contributed by atoms with E-state index < -0.39 is 11.8 Å². The van der Waals surface area contributed by atoms with E-state index in [-0.39, 0.29) is 18.6 Å². The Morgan fingerprint density at radius 1 is 1.06 bits per heavy atom. The van der Waals surface area contributed by atoms with Crippen LogP contribution in [0.25, 0.3) is 0 Å². The fraction of sp³-hybridized carbons (Fsp3) is 0.238. The first-order valence-corrected chi connectivity index (χ1v) is 10.1. The third-order valence-corrected chi connectivity index (χ3v) is 4.41. The summed E-state index contributed by atoms with van der Waals surface area (Å²) in [4.78, 5) is 35.3. The molecule has 2 aromatic carbocycles. The minimum atomic E-state index is -0.844. The second-order valence-electron chi connectivity index (χ2n) is 6.55. The van der Waals surface area contributed by atoms with Crippen LogP contribution in [0.5, 0.6) is 5.75 Å². The number of nitrogens with zero attached hydrogens (tertiary/aromatic N) is 1. The molecular formula is C21H22Cl2N4O4. The van der Waals surface area contributed by atoms with Gasteiger partial charge in [-0.25, -0.2) is 5.43 Å². The van der Waals surface area contributed by atoms with E-state index in [0.29, 0.717) is 33.5 Å². The van der Waals surface area contributed by atoms with Crippen molar-refractivity contribution < 1.29 is 19.1 Å². The summed E-state index contributed by atoms with van der Waals surface area (Å²) in [6.45, 7) is 3.49. The van der Waals surface area contributed by atoms with E-state index in [1.807, 2.05) is 6.92 Å². The monoisotopic (exact) mass is 464 g/mol. The normalized spacial score (nSPS) is 11.6. The molecule has 2 rings (SSSR count). The van der Waals surface area contributed by atoms with Crippen LogP contribution in [-0.2, 0) is 14.4 Å². The van der Waals surface area contributed by atoms with Crippen LogP contribution in [0.3, 0.4) is 0 Å². The van der Waals surface area contributed by atoms with E-state index in [9.17, 15) is 14.4 Å². The van der Waals surface area contributed by atoms with Crippen molar-refractivity contribution in [2.45, 2.75) is 26.3 Å². The number of halogens is 2. The first-order valence-electron chi connectivity index (χ1n) is 9.39. The molecule has 0 spiro atoms. The summed E-state index contributed by atoms with van der Waals surface area (Å²) >= 11 is 11.8. The molecule has 2 aromatic rings. The smallest absolute Gasteiger partial charge is 0.329 e. The molecule has 0 fully saturated rings. The zero-order valence-corrected chi connectivity index (χ0v) is 18.5. The highest BCUT2D eigenvalue weighted by atomic mass is 35.5. The first kappa shape index (κ1) is 24.2. The number of ether oxygens (including phenoxy) is 1. The molecule has 0 saturated carbocycles. The number of carbonyl (C=O) groups is 3. The van der Waals surface area contributed by atoms with Gasteiger partial charge in [0.15, 0.2) is 6.61 Å². The van der Waals surface area contributed by atoms with Gasteiger partial charge in [-0.2, -0.15) is 5.10 Å². The van der Waals surface area contributed by atoms with Gasteiger partial charge >= 0.3 is 11.8 Å². The predicted molar refractivity (Wildman–Crippen MR) is 121 cm³/mol. The first-order chi connectivity index (χ1) is 14.8. The standard InChI is InChI=1S/C21H22Cl2N4O4/c1-3-13(2)25-20(29)21(30)27-24-11-14-4-6-18(7-5-14)31-12-19(28)26-17-9-15(22)8-16(23)10-17/h4-11,13H,3,12H2,1-2H3,(H,25,29)(H,26,28)(H,27,30)/b24-11-/t13-/m0/s1. The van der Waals surface area contributed by atoms with Gasteiger partial charge < -0.3 is 15.4 Å². The van der Waals surface area contributed by atoms with Crippen LogP contribution in [0.2, 0.25) is 10.0 Å². The van der Waals surface area contributed by atoms with Gasteiger partial charge in [-0.05, 0) is 61.4 Å². The molecule has 3 amide bonds. The second-order valence-corrected chi connectivity index (χ2v) is 7.42. The summed E-state index contributed by atoms with van der Waals surface area (Å²) in [7, 11) is 0. The number of nitrogens with one attached hydrogen (secondary N) is 3. The van der Waals surface area contributed by atoms with Crippen LogP contribution in [0.15, 0.2) is 47.6 Å². The Morgan fingerprint density at radius 3 is 2.32 bits per heavy atom. The van der Waals surface area contributed by atoms with Gasteiger partial charge in [0.25, 0.3) is 5.91 Å². The number of hydrazone groups is 1. The summed E-state index contributed by atoms with van der Waals surface area (Å²) in [6.07, 6.45) is 2.10. The Balaban J connectivity index is 1.79. The Morgan fingerprint density at radius 2 is 1.71 bits per heavy atom. The average molecular weight is 465 g/mol. The number of hydrogen-bond acceptors (Lipinski definition) is 5. The van der Waals surface area contributed by atoms with E-state index in [0.717, 1.165) is 0 Å². The lowest BCUT2D eigenvalue weighted by Crippen LogP contribution is -2.41. The third-order valence-electron chi connectivity index (χ3n) is 3.97. The van der Waals surface area contributed by atoms with Gasteiger partial charge in [-0.1, -0.05) is 30.1 Å². The number of hydrogen-bond donors (Lipinski definition) is 3. The molecule has 0 aliphatic rings. The largest absolute Gasteiger partial charge is 0.484 e. The number of benzene rings is 2. The Labute approximate surface area is 189 Å². The SMILES string of the molecule is CC[C@H](C)NC(=O)C(=O)N/N=C\c1ccc(OCC(=O)Nc2cc(Cl)cc(Cl)c2)cc1. The minimum absolute atomic E-state index is 0.0971. The maximum Gasteiger partial charge on any atom is 0.329 e. The predicted octanol–water partition coefficient (Wildman–Crippen LogP) is 3.38. The van der Waals surface area contributed by atoms with Gasteiger partial charge in [0, 0.05) is 21.8 Å². The molecule has 0 aliphatic heterocycles. The van der Waals surface area contributed by atoms with Crippen LogP contribution >= 0.6 is 23.2 Å². The molecule has 0 saturated heterocycles. The zero-order valence-electron chi connectivity index (χ0n) is 16.9. The molecule has 0 unspecified atom stereocenters. The maximum atomic E-state index is 12.0. The summed E-state index contributed by atoms with van der Waals surface area (Å²) in [5, 5.41) is 9.75. The summed E-state index contributed by atoms with van der Waals surface area (Å²) < 4.78 is 5.43. The minimum Gasteiger partial charge on any atom is -0.484 e. The van der Waals surface area contributed by atoms with E-state index >= 15 is 0 Å². The molecule has 0 radical (unpaired) electrons. The van der Waals surface area contributed by atoms with Crippen molar-refractivity contribution in [1.82, 2.24) is 10.7 Å². The fourth-order valence-corrected chi connectivity index (χ4v) is 2.76. The molecule has 0 aliphatic carbocycles. The molecule has 10 heteroatoms. The molecule has 0 bridgehead atoms. The van der Waals surface area contributed by atoms with Crippen molar-refractivity contribution >= 4 is 52.8 Å². The van der Waals surface area contributed by atoms with Crippen molar-refractivity contribution in [3.8, 4) is 5.75 Å². The van der Waals surface area contributed by atoms with Crippen molar-refractivity contribution in [2.75, 3.05) is 11.9 Å². The van der Waals surface area contributed by atoms with Crippen LogP contribution in [0.1, 0.15) is 25.8 Å². The summed E-state index contributed by atoms with van der Waals surface area (Å²) in [6, 6.07) is 11.3. The summed E-state index contributed by atoms with van der Waals surface area (Å²) in [5.41, 5.74) is 3.29. The van der Waals surface area contributed by atoms with Crippen LogP contribution in [-0.4, -0.2) is 36.6 Å². The molecule has 8 nitrogen and oxygen atoms in total. The van der Waals surface area contributed by atoms with Gasteiger partial charge in [0.1, 0.15) is 5.75 Å². The number of carbonyl (C=O) groups excluding carboxylic acids is 3. The molecule has 0 aromatic heterocycles. The van der Waals surface area contributed by atoms with Crippen LogP contribution < -0.4 is 20.8 Å². The molecule has 31 heavy (non-hydrogen) atoms. The van der Waals surface area contributed by atoms with Crippen LogP contribution in [0, 0.1) is 0 Å². The van der Waals surface area contributed by atoms with E-state index in [1.165, 1.54) is 6.21 Å². The number of anilines is 1. The average Bonchev–Trinajstić information content (AvgIpc) is 2.72. The number of amides is 3. The molecule has 1 atom stereocenters.